The zero-order valence-electron chi connectivity index (χ0n) is 6.81. The van der Waals surface area contributed by atoms with Gasteiger partial charge in [0, 0.05) is 13.7 Å². The molecule has 0 aliphatic carbocycles. The lowest BCUT2D eigenvalue weighted by Gasteiger charge is -2.12. The highest BCUT2D eigenvalue weighted by Crippen LogP contribution is 2.21. The highest BCUT2D eigenvalue weighted by molar-refractivity contribution is 4.84. The summed E-state index contributed by atoms with van der Waals surface area (Å²) in [6.45, 7) is 5.74. The molecule has 1 rings (SSSR count). The molecular weight excluding hydrogens is 130 g/mol. The monoisotopic (exact) mass is 145 g/mol. The van der Waals surface area contributed by atoms with Crippen molar-refractivity contribution in [3.8, 4) is 0 Å². The molecule has 2 unspecified atom stereocenters. The van der Waals surface area contributed by atoms with Crippen molar-refractivity contribution in [1.82, 2.24) is 5.32 Å². The van der Waals surface area contributed by atoms with Crippen molar-refractivity contribution in [2.75, 3.05) is 20.3 Å². The minimum atomic E-state index is -0.0488. The van der Waals surface area contributed by atoms with Gasteiger partial charge in [0.15, 0.2) is 0 Å². The first-order chi connectivity index (χ1) is 4.66. The average molecular weight is 145 g/mol. The van der Waals surface area contributed by atoms with Crippen molar-refractivity contribution >= 4 is 0 Å². The van der Waals surface area contributed by atoms with Crippen LogP contribution in [0.5, 0.6) is 0 Å². The lowest BCUT2D eigenvalue weighted by Crippen LogP contribution is -2.35. The van der Waals surface area contributed by atoms with Gasteiger partial charge in [0.1, 0.15) is 5.72 Å². The second kappa shape index (κ2) is 2.86. The molecule has 0 aromatic carbocycles. The van der Waals surface area contributed by atoms with Crippen molar-refractivity contribution in [2.24, 2.45) is 0 Å². The third kappa shape index (κ3) is 2.25. The van der Waals surface area contributed by atoms with E-state index in [0.717, 1.165) is 13.2 Å². The van der Waals surface area contributed by atoms with Crippen LogP contribution in [0.4, 0.5) is 0 Å². The molecule has 1 aliphatic rings. The van der Waals surface area contributed by atoms with Crippen LogP contribution < -0.4 is 5.32 Å². The van der Waals surface area contributed by atoms with E-state index in [-0.39, 0.29) is 11.8 Å². The van der Waals surface area contributed by atoms with Crippen molar-refractivity contribution in [3.05, 3.63) is 0 Å². The van der Waals surface area contributed by atoms with Gasteiger partial charge in [0.05, 0.1) is 12.7 Å². The zero-order valence-corrected chi connectivity index (χ0v) is 6.81. The van der Waals surface area contributed by atoms with Crippen LogP contribution in [0.2, 0.25) is 0 Å². The predicted octanol–water partition coefficient (Wildman–Crippen LogP) is 0.357. The normalized spacial score (nSPS) is 33.9. The standard InChI is InChI=1S/C7H15NO2/c1-6(9-3)4-8-7(2)5-10-7/h6,8H,4-5H2,1-3H3. The van der Waals surface area contributed by atoms with Crippen LogP contribution in [0.15, 0.2) is 0 Å². The first-order valence-corrected chi connectivity index (χ1v) is 3.58. The van der Waals surface area contributed by atoms with E-state index >= 15 is 0 Å². The minimum absolute atomic E-state index is 0.0488. The van der Waals surface area contributed by atoms with E-state index in [0.29, 0.717) is 0 Å². The number of hydrogen-bond acceptors (Lipinski definition) is 3. The molecule has 1 saturated heterocycles. The van der Waals surface area contributed by atoms with E-state index in [9.17, 15) is 0 Å². The van der Waals surface area contributed by atoms with Gasteiger partial charge >= 0.3 is 0 Å². The molecular formula is C7H15NO2. The van der Waals surface area contributed by atoms with Crippen molar-refractivity contribution in [2.45, 2.75) is 25.7 Å². The van der Waals surface area contributed by atoms with E-state index in [1.165, 1.54) is 0 Å². The quantitative estimate of drug-likeness (QED) is 0.580. The number of epoxide rings is 1. The Morgan fingerprint density at radius 3 is 2.80 bits per heavy atom. The number of rotatable bonds is 4. The summed E-state index contributed by atoms with van der Waals surface area (Å²) in [5.74, 6) is 0. The van der Waals surface area contributed by atoms with E-state index in [1.807, 2.05) is 13.8 Å². The zero-order chi connectivity index (χ0) is 7.61. The van der Waals surface area contributed by atoms with E-state index in [2.05, 4.69) is 5.32 Å². The largest absolute Gasteiger partial charge is 0.380 e. The maximum Gasteiger partial charge on any atom is 0.140 e. The molecule has 10 heavy (non-hydrogen) atoms. The molecule has 0 aromatic heterocycles. The Hall–Kier alpha value is -0.120. The lowest BCUT2D eigenvalue weighted by atomic mass is 10.3. The van der Waals surface area contributed by atoms with Gasteiger partial charge in [-0.05, 0) is 13.8 Å². The maximum atomic E-state index is 5.12. The number of nitrogens with one attached hydrogen (secondary N) is 1. The minimum Gasteiger partial charge on any atom is -0.380 e. The van der Waals surface area contributed by atoms with Gasteiger partial charge in [0.25, 0.3) is 0 Å². The molecule has 0 aromatic rings. The van der Waals surface area contributed by atoms with Crippen molar-refractivity contribution in [1.29, 1.82) is 0 Å². The van der Waals surface area contributed by atoms with Gasteiger partial charge in [-0.15, -0.1) is 0 Å². The summed E-state index contributed by atoms with van der Waals surface area (Å²) in [5.41, 5.74) is -0.0488. The Kier molecular flexibility index (Phi) is 2.28. The predicted molar refractivity (Wildman–Crippen MR) is 38.8 cm³/mol. The molecule has 0 spiro atoms. The molecule has 2 atom stereocenters. The molecule has 1 N–H and O–H groups in total. The maximum absolute atomic E-state index is 5.12. The summed E-state index contributed by atoms with van der Waals surface area (Å²) in [6, 6.07) is 0. The third-order valence-electron chi connectivity index (χ3n) is 1.74. The second-order valence-corrected chi connectivity index (χ2v) is 2.95. The lowest BCUT2D eigenvalue weighted by molar-refractivity contribution is 0.106. The third-order valence-corrected chi connectivity index (χ3v) is 1.74. The van der Waals surface area contributed by atoms with Gasteiger partial charge in [-0.3, -0.25) is 5.32 Å². The Bertz CT molecular complexity index is 112. The SMILES string of the molecule is COC(C)CNC1(C)CO1. The van der Waals surface area contributed by atoms with E-state index < -0.39 is 0 Å². The highest BCUT2D eigenvalue weighted by Gasteiger charge is 2.38. The summed E-state index contributed by atoms with van der Waals surface area (Å²) in [5, 5.41) is 3.24. The number of hydrogen-bond donors (Lipinski definition) is 1. The van der Waals surface area contributed by atoms with Gasteiger partial charge in [0.2, 0.25) is 0 Å². The first-order valence-electron chi connectivity index (χ1n) is 3.58. The van der Waals surface area contributed by atoms with Gasteiger partial charge < -0.3 is 9.47 Å². The summed E-state index contributed by atoms with van der Waals surface area (Å²) < 4.78 is 10.2. The molecule has 3 nitrogen and oxygen atoms in total. The Morgan fingerprint density at radius 1 is 1.80 bits per heavy atom. The van der Waals surface area contributed by atoms with Crippen LogP contribution >= 0.6 is 0 Å². The Balaban J connectivity index is 2.04. The van der Waals surface area contributed by atoms with Crippen LogP contribution in [0, 0.1) is 0 Å². The van der Waals surface area contributed by atoms with Crippen molar-refractivity contribution < 1.29 is 9.47 Å². The molecule has 0 bridgehead atoms. The van der Waals surface area contributed by atoms with Crippen LogP contribution in [-0.4, -0.2) is 32.1 Å². The Morgan fingerprint density at radius 2 is 2.40 bits per heavy atom. The summed E-state index contributed by atoms with van der Waals surface area (Å²) >= 11 is 0. The molecule has 0 amide bonds. The fourth-order valence-corrected chi connectivity index (χ4v) is 0.653. The smallest absolute Gasteiger partial charge is 0.140 e. The fraction of sp³-hybridized carbons (Fsp3) is 1.00. The van der Waals surface area contributed by atoms with Crippen molar-refractivity contribution in [3.63, 3.8) is 0 Å². The van der Waals surface area contributed by atoms with Crippen LogP contribution in [-0.2, 0) is 9.47 Å². The van der Waals surface area contributed by atoms with Crippen LogP contribution in [0.3, 0.4) is 0 Å². The molecule has 1 aliphatic heterocycles. The van der Waals surface area contributed by atoms with E-state index in [4.69, 9.17) is 9.47 Å². The summed E-state index contributed by atoms with van der Waals surface area (Å²) in [4.78, 5) is 0. The van der Waals surface area contributed by atoms with Crippen LogP contribution in [0.1, 0.15) is 13.8 Å². The molecule has 1 fully saturated rings. The highest BCUT2D eigenvalue weighted by atomic mass is 16.6. The van der Waals surface area contributed by atoms with Gasteiger partial charge in [-0.25, -0.2) is 0 Å². The number of ether oxygens (including phenoxy) is 2. The Labute approximate surface area is 61.7 Å². The summed E-state index contributed by atoms with van der Waals surface area (Å²) in [7, 11) is 1.71. The van der Waals surface area contributed by atoms with Gasteiger partial charge in [-0.2, -0.15) is 0 Å². The first kappa shape index (κ1) is 7.98. The fourth-order valence-electron chi connectivity index (χ4n) is 0.653. The van der Waals surface area contributed by atoms with Gasteiger partial charge in [-0.1, -0.05) is 0 Å². The molecule has 0 radical (unpaired) electrons. The topological polar surface area (TPSA) is 33.8 Å². The average Bonchev–Trinajstić information content (AvgIpc) is 2.64. The second-order valence-electron chi connectivity index (χ2n) is 2.95. The number of methoxy groups -OCH3 is 1. The van der Waals surface area contributed by atoms with E-state index in [1.54, 1.807) is 7.11 Å². The molecule has 60 valence electrons. The molecule has 1 heterocycles. The molecule has 3 heteroatoms. The van der Waals surface area contributed by atoms with Crippen LogP contribution in [0.25, 0.3) is 0 Å². The molecule has 0 saturated carbocycles. The summed E-state index contributed by atoms with van der Waals surface area (Å²) in [6.07, 6.45) is 0.265.